The van der Waals surface area contributed by atoms with Crippen LogP contribution >= 0.6 is 0 Å². The van der Waals surface area contributed by atoms with E-state index in [1.165, 1.54) is 0 Å². The first-order valence-corrected chi connectivity index (χ1v) is 5.30. The molecule has 0 aliphatic rings. The highest BCUT2D eigenvalue weighted by Gasteiger charge is 2.13. The van der Waals surface area contributed by atoms with Gasteiger partial charge >= 0.3 is 5.69 Å². The Morgan fingerprint density at radius 3 is 2.81 bits per heavy atom. The molecule has 0 aliphatic heterocycles. The van der Waals surface area contributed by atoms with Gasteiger partial charge in [0.15, 0.2) is 0 Å². The van der Waals surface area contributed by atoms with Gasteiger partial charge < -0.3 is 4.74 Å². The average molecular weight is 221 g/mol. The first kappa shape index (κ1) is 10.7. The van der Waals surface area contributed by atoms with Crippen LogP contribution in [0, 0.1) is 0 Å². The molecule has 0 saturated carbocycles. The molecular formula is C11H15N3O2. The first-order valence-electron chi connectivity index (χ1n) is 5.30. The average Bonchev–Trinajstić information content (AvgIpc) is 2.53. The number of fused-ring (bicyclic) bond motifs is 1. The van der Waals surface area contributed by atoms with Crippen molar-refractivity contribution in [3.8, 4) is 5.88 Å². The molecule has 0 unspecified atom stereocenters. The summed E-state index contributed by atoms with van der Waals surface area (Å²) in [6.07, 6.45) is 2.58. The molecular weight excluding hydrogens is 206 g/mol. The molecule has 0 spiro atoms. The molecule has 0 saturated heterocycles. The summed E-state index contributed by atoms with van der Waals surface area (Å²) in [4.78, 5) is 15.9. The van der Waals surface area contributed by atoms with Crippen molar-refractivity contribution in [1.29, 1.82) is 0 Å². The van der Waals surface area contributed by atoms with Gasteiger partial charge in [-0.2, -0.15) is 0 Å². The highest BCUT2D eigenvalue weighted by Crippen LogP contribution is 2.20. The van der Waals surface area contributed by atoms with E-state index < -0.39 is 0 Å². The van der Waals surface area contributed by atoms with Crippen LogP contribution in [0.25, 0.3) is 11.0 Å². The third-order valence-corrected chi connectivity index (χ3v) is 2.58. The van der Waals surface area contributed by atoms with E-state index in [0.29, 0.717) is 12.5 Å². The second kappa shape index (κ2) is 4.00. The van der Waals surface area contributed by atoms with Crippen LogP contribution in [0.3, 0.4) is 0 Å². The standard InChI is InChI=1S/C11H15N3O2/c1-4-7-16-10-9-8(5-6-12-10)13(2)11(15)14(9)3/h5-6H,4,7H2,1-3H3. The minimum atomic E-state index is -0.0654. The van der Waals surface area contributed by atoms with Crippen LogP contribution in [0.15, 0.2) is 17.1 Å². The van der Waals surface area contributed by atoms with E-state index in [1.54, 1.807) is 29.4 Å². The Morgan fingerprint density at radius 1 is 1.38 bits per heavy atom. The third kappa shape index (κ3) is 1.48. The van der Waals surface area contributed by atoms with Crippen LogP contribution in [-0.2, 0) is 14.1 Å². The van der Waals surface area contributed by atoms with E-state index in [9.17, 15) is 4.79 Å². The maximum absolute atomic E-state index is 11.8. The molecule has 0 N–H and O–H groups in total. The largest absolute Gasteiger partial charge is 0.476 e. The van der Waals surface area contributed by atoms with Gasteiger partial charge in [-0.15, -0.1) is 0 Å². The topological polar surface area (TPSA) is 49.1 Å². The van der Waals surface area contributed by atoms with Crippen molar-refractivity contribution < 1.29 is 4.74 Å². The van der Waals surface area contributed by atoms with Gasteiger partial charge in [-0.1, -0.05) is 6.92 Å². The zero-order valence-corrected chi connectivity index (χ0v) is 9.73. The van der Waals surface area contributed by atoms with Gasteiger partial charge in [0.1, 0.15) is 5.52 Å². The van der Waals surface area contributed by atoms with Crippen molar-refractivity contribution in [2.45, 2.75) is 13.3 Å². The van der Waals surface area contributed by atoms with Crippen molar-refractivity contribution >= 4 is 11.0 Å². The van der Waals surface area contributed by atoms with Gasteiger partial charge in [-0.25, -0.2) is 9.78 Å². The predicted molar refractivity (Wildman–Crippen MR) is 61.7 cm³/mol. The van der Waals surface area contributed by atoms with Crippen molar-refractivity contribution in [1.82, 2.24) is 14.1 Å². The number of aromatic nitrogens is 3. The quantitative estimate of drug-likeness (QED) is 0.778. The van der Waals surface area contributed by atoms with Crippen molar-refractivity contribution in [2.24, 2.45) is 14.1 Å². The highest BCUT2D eigenvalue weighted by atomic mass is 16.5. The number of imidazole rings is 1. The molecule has 86 valence electrons. The maximum Gasteiger partial charge on any atom is 0.328 e. The van der Waals surface area contributed by atoms with Crippen molar-refractivity contribution in [3.05, 3.63) is 22.7 Å². The Balaban J connectivity index is 2.67. The Hall–Kier alpha value is -1.78. The van der Waals surface area contributed by atoms with Gasteiger partial charge in [0.25, 0.3) is 0 Å². The van der Waals surface area contributed by atoms with Gasteiger partial charge in [0.2, 0.25) is 5.88 Å². The Kier molecular flexibility index (Phi) is 2.68. The molecule has 5 heteroatoms. The summed E-state index contributed by atoms with van der Waals surface area (Å²) >= 11 is 0. The number of pyridine rings is 1. The minimum Gasteiger partial charge on any atom is -0.476 e. The summed E-state index contributed by atoms with van der Waals surface area (Å²) in [5, 5.41) is 0. The zero-order chi connectivity index (χ0) is 11.7. The van der Waals surface area contributed by atoms with Gasteiger partial charge in [-0.3, -0.25) is 9.13 Å². The van der Waals surface area contributed by atoms with E-state index in [2.05, 4.69) is 4.98 Å². The lowest BCUT2D eigenvalue weighted by molar-refractivity contribution is 0.308. The molecule has 2 rings (SSSR count). The number of ether oxygens (including phenoxy) is 1. The van der Waals surface area contributed by atoms with E-state index in [1.807, 2.05) is 13.0 Å². The molecule has 0 amide bonds. The monoisotopic (exact) mass is 221 g/mol. The fraction of sp³-hybridized carbons (Fsp3) is 0.455. The molecule has 0 bridgehead atoms. The molecule has 2 heterocycles. The molecule has 5 nitrogen and oxygen atoms in total. The second-order valence-corrected chi connectivity index (χ2v) is 3.73. The minimum absolute atomic E-state index is 0.0654. The van der Waals surface area contributed by atoms with Crippen LogP contribution in [0.4, 0.5) is 0 Å². The fourth-order valence-corrected chi connectivity index (χ4v) is 1.74. The summed E-state index contributed by atoms with van der Waals surface area (Å²) < 4.78 is 8.69. The Labute approximate surface area is 93.3 Å². The lowest BCUT2D eigenvalue weighted by Gasteiger charge is -2.05. The number of aryl methyl sites for hydroxylation is 2. The SMILES string of the molecule is CCCOc1nccc2c1n(C)c(=O)n2C. The van der Waals surface area contributed by atoms with Crippen molar-refractivity contribution in [3.63, 3.8) is 0 Å². The summed E-state index contributed by atoms with van der Waals surface area (Å²) in [7, 11) is 3.47. The summed E-state index contributed by atoms with van der Waals surface area (Å²) in [6.45, 7) is 2.64. The van der Waals surface area contributed by atoms with E-state index in [0.717, 1.165) is 17.5 Å². The zero-order valence-electron chi connectivity index (χ0n) is 9.73. The Bertz CT molecular complexity index is 568. The van der Waals surface area contributed by atoms with Crippen LogP contribution in [0.1, 0.15) is 13.3 Å². The number of nitrogens with zero attached hydrogens (tertiary/aromatic N) is 3. The van der Waals surface area contributed by atoms with E-state index in [-0.39, 0.29) is 5.69 Å². The normalized spacial score (nSPS) is 10.9. The van der Waals surface area contributed by atoms with Gasteiger partial charge in [-0.05, 0) is 12.5 Å². The van der Waals surface area contributed by atoms with Crippen LogP contribution in [0.2, 0.25) is 0 Å². The fourth-order valence-electron chi connectivity index (χ4n) is 1.74. The number of hydrogen-bond acceptors (Lipinski definition) is 3. The lowest BCUT2D eigenvalue weighted by Crippen LogP contribution is -2.19. The molecule has 0 atom stereocenters. The predicted octanol–water partition coefficient (Wildman–Crippen LogP) is 1.06. The molecule has 0 aliphatic carbocycles. The summed E-state index contributed by atoms with van der Waals surface area (Å²) in [5.41, 5.74) is 1.53. The number of hydrogen-bond donors (Lipinski definition) is 0. The van der Waals surface area contributed by atoms with Crippen LogP contribution in [-0.4, -0.2) is 20.7 Å². The van der Waals surface area contributed by atoms with E-state index in [4.69, 9.17) is 4.74 Å². The molecule has 2 aromatic heterocycles. The molecule has 0 aromatic carbocycles. The lowest BCUT2D eigenvalue weighted by atomic mass is 10.4. The maximum atomic E-state index is 11.8. The summed E-state index contributed by atoms with van der Waals surface area (Å²) in [6, 6.07) is 1.82. The Morgan fingerprint density at radius 2 is 2.12 bits per heavy atom. The van der Waals surface area contributed by atoms with Crippen molar-refractivity contribution in [2.75, 3.05) is 6.61 Å². The van der Waals surface area contributed by atoms with Gasteiger partial charge in [0, 0.05) is 20.3 Å². The highest BCUT2D eigenvalue weighted by molar-refractivity contribution is 5.80. The molecule has 0 fully saturated rings. The van der Waals surface area contributed by atoms with Gasteiger partial charge in [0.05, 0.1) is 12.1 Å². The summed E-state index contributed by atoms with van der Waals surface area (Å²) in [5.74, 6) is 0.527. The smallest absolute Gasteiger partial charge is 0.328 e. The molecule has 2 aromatic rings. The second-order valence-electron chi connectivity index (χ2n) is 3.73. The van der Waals surface area contributed by atoms with Crippen LogP contribution in [0.5, 0.6) is 5.88 Å². The third-order valence-electron chi connectivity index (χ3n) is 2.58. The molecule has 16 heavy (non-hydrogen) atoms. The van der Waals surface area contributed by atoms with E-state index >= 15 is 0 Å². The van der Waals surface area contributed by atoms with Crippen LogP contribution < -0.4 is 10.4 Å². The molecule has 0 radical (unpaired) electrons. The first-order chi connectivity index (χ1) is 7.66. The number of rotatable bonds is 3.